The number of nitrogens with one attached hydrogen (secondary N) is 1. The van der Waals surface area contributed by atoms with Gasteiger partial charge in [-0.2, -0.15) is 8.78 Å². The number of anilines is 1. The van der Waals surface area contributed by atoms with Gasteiger partial charge in [-0.1, -0.05) is 0 Å². The van der Waals surface area contributed by atoms with E-state index in [0.29, 0.717) is 18.8 Å². The molecule has 0 saturated carbocycles. The molecule has 0 spiro atoms. The molecule has 1 aromatic heterocycles. The van der Waals surface area contributed by atoms with Crippen LogP contribution in [-0.2, 0) is 6.54 Å². The van der Waals surface area contributed by atoms with Crippen molar-refractivity contribution < 1.29 is 23.0 Å². The molecule has 2 aromatic rings. The van der Waals surface area contributed by atoms with Crippen LogP contribution in [0.5, 0.6) is 11.5 Å². The number of hydrogen-bond donors (Lipinski definition) is 1. The molecule has 150 valence electrons. The molecule has 0 bridgehead atoms. The molecule has 0 radical (unpaired) electrons. The van der Waals surface area contributed by atoms with Gasteiger partial charge in [-0.3, -0.25) is 9.88 Å². The summed E-state index contributed by atoms with van der Waals surface area (Å²) < 4.78 is 34.5. The molecule has 1 aliphatic rings. The van der Waals surface area contributed by atoms with Crippen LogP contribution in [0.3, 0.4) is 0 Å². The first-order valence-electron chi connectivity index (χ1n) is 8.85. The fourth-order valence-corrected chi connectivity index (χ4v) is 3.00. The maximum atomic E-state index is 12.5. The third-order valence-electron chi connectivity index (χ3n) is 4.45. The van der Waals surface area contributed by atoms with Gasteiger partial charge in [-0.15, -0.1) is 0 Å². The number of rotatable bonds is 6. The Morgan fingerprint density at radius 3 is 2.50 bits per heavy atom. The molecule has 1 N–H and O–H groups in total. The fraction of sp³-hybridized carbons (Fsp3) is 0.368. The van der Waals surface area contributed by atoms with Gasteiger partial charge in [-0.25, -0.2) is 4.79 Å². The Morgan fingerprint density at radius 2 is 1.86 bits per heavy atom. The minimum atomic E-state index is -2.98. The molecule has 0 unspecified atom stereocenters. The number of aromatic nitrogens is 1. The average molecular weight is 392 g/mol. The summed E-state index contributed by atoms with van der Waals surface area (Å²) in [7, 11) is 1.36. The summed E-state index contributed by atoms with van der Waals surface area (Å²) in [5.74, 6) is 0.0421. The molecular formula is C19H22F2N4O3. The number of methoxy groups -OCH3 is 1. The van der Waals surface area contributed by atoms with Crippen molar-refractivity contribution in [2.75, 3.05) is 38.6 Å². The number of ether oxygens (including phenoxy) is 2. The van der Waals surface area contributed by atoms with E-state index < -0.39 is 6.61 Å². The summed E-state index contributed by atoms with van der Waals surface area (Å²) in [6.45, 7) is 0.482. The second-order valence-corrected chi connectivity index (χ2v) is 6.29. The number of amides is 2. The van der Waals surface area contributed by atoms with Crippen LogP contribution < -0.4 is 14.8 Å². The number of hydrogen-bond acceptors (Lipinski definition) is 5. The van der Waals surface area contributed by atoms with E-state index in [9.17, 15) is 13.6 Å². The van der Waals surface area contributed by atoms with Gasteiger partial charge in [0, 0.05) is 56.9 Å². The lowest BCUT2D eigenvalue weighted by Gasteiger charge is -2.34. The van der Waals surface area contributed by atoms with E-state index in [2.05, 4.69) is 19.9 Å². The molecule has 1 aliphatic heterocycles. The van der Waals surface area contributed by atoms with E-state index >= 15 is 0 Å². The zero-order chi connectivity index (χ0) is 19.9. The van der Waals surface area contributed by atoms with Crippen molar-refractivity contribution in [3.05, 3.63) is 48.3 Å². The van der Waals surface area contributed by atoms with E-state index in [4.69, 9.17) is 4.74 Å². The number of urea groups is 1. The van der Waals surface area contributed by atoms with E-state index in [1.165, 1.54) is 24.8 Å². The first-order valence-corrected chi connectivity index (χ1v) is 8.85. The second-order valence-electron chi connectivity index (χ2n) is 6.29. The van der Waals surface area contributed by atoms with E-state index in [1.807, 2.05) is 12.1 Å². The smallest absolute Gasteiger partial charge is 0.387 e. The minimum absolute atomic E-state index is 0.127. The van der Waals surface area contributed by atoms with Gasteiger partial charge in [0.1, 0.15) is 0 Å². The number of piperazine rings is 1. The third-order valence-corrected chi connectivity index (χ3v) is 4.45. The second kappa shape index (κ2) is 9.32. The highest BCUT2D eigenvalue weighted by Crippen LogP contribution is 2.31. The lowest BCUT2D eigenvalue weighted by Crippen LogP contribution is -2.49. The first-order chi connectivity index (χ1) is 13.5. The van der Waals surface area contributed by atoms with Gasteiger partial charge in [0.2, 0.25) is 0 Å². The predicted molar refractivity (Wildman–Crippen MR) is 99.7 cm³/mol. The number of nitrogens with zero attached hydrogens (tertiary/aromatic N) is 3. The maximum absolute atomic E-state index is 12.5. The largest absolute Gasteiger partial charge is 0.493 e. The molecule has 9 heteroatoms. The Hall–Kier alpha value is -2.94. The van der Waals surface area contributed by atoms with Crippen molar-refractivity contribution in [2.24, 2.45) is 0 Å². The number of carbonyl (C=O) groups excluding carboxylic acids is 1. The highest BCUT2D eigenvalue weighted by atomic mass is 19.3. The standard InChI is InChI=1S/C19H22F2N4O3/c1-27-16-3-2-15(12-17(16)28-18(20)21)23-19(26)25-10-8-24(9-11-25)13-14-4-6-22-7-5-14/h2-7,12,18H,8-11,13H2,1H3,(H,23,26). The maximum Gasteiger partial charge on any atom is 0.387 e. The monoisotopic (exact) mass is 392 g/mol. The zero-order valence-corrected chi connectivity index (χ0v) is 15.5. The molecule has 1 aromatic carbocycles. The summed E-state index contributed by atoms with van der Waals surface area (Å²) >= 11 is 0. The van der Waals surface area contributed by atoms with Crippen LogP contribution >= 0.6 is 0 Å². The van der Waals surface area contributed by atoms with Gasteiger partial charge >= 0.3 is 12.6 Å². The van der Waals surface area contributed by atoms with Gasteiger partial charge in [-0.05, 0) is 29.8 Å². The van der Waals surface area contributed by atoms with Crippen LogP contribution in [-0.4, -0.2) is 60.7 Å². The van der Waals surface area contributed by atoms with Crippen molar-refractivity contribution in [1.29, 1.82) is 0 Å². The van der Waals surface area contributed by atoms with Crippen molar-refractivity contribution in [2.45, 2.75) is 13.2 Å². The van der Waals surface area contributed by atoms with Crippen LogP contribution in [0.4, 0.5) is 19.3 Å². The summed E-state index contributed by atoms with van der Waals surface area (Å²) in [6.07, 6.45) is 3.53. The number of benzene rings is 1. The van der Waals surface area contributed by atoms with Crippen LogP contribution in [0.1, 0.15) is 5.56 Å². The lowest BCUT2D eigenvalue weighted by molar-refractivity contribution is -0.0511. The SMILES string of the molecule is COc1ccc(NC(=O)N2CCN(Cc3ccncc3)CC2)cc1OC(F)F. The average Bonchev–Trinajstić information content (AvgIpc) is 2.69. The molecule has 28 heavy (non-hydrogen) atoms. The lowest BCUT2D eigenvalue weighted by atomic mass is 10.2. The van der Waals surface area contributed by atoms with Gasteiger partial charge in [0.05, 0.1) is 7.11 Å². The molecule has 1 fully saturated rings. The molecule has 1 saturated heterocycles. The van der Waals surface area contributed by atoms with Crippen LogP contribution in [0.2, 0.25) is 0 Å². The summed E-state index contributed by atoms with van der Waals surface area (Å²) in [4.78, 5) is 20.5. The van der Waals surface area contributed by atoms with E-state index in [0.717, 1.165) is 19.6 Å². The number of pyridine rings is 1. The Balaban J connectivity index is 1.54. The number of carbonyl (C=O) groups is 1. The van der Waals surface area contributed by atoms with Crippen molar-refractivity contribution in [3.8, 4) is 11.5 Å². The van der Waals surface area contributed by atoms with Gasteiger partial charge in [0.25, 0.3) is 0 Å². The predicted octanol–water partition coefficient (Wildman–Crippen LogP) is 3.04. The molecule has 0 atom stereocenters. The van der Waals surface area contributed by atoms with Crippen molar-refractivity contribution >= 4 is 11.7 Å². The Labute approximate surface area is 161 Å². The molecule has 0 aliphatic carbocycles. The quantitative estimate of drug-likeness (QED) is 0.819. The highest BCUT2D eigenvalue weighted by molar-refractivity contribution is 5.89. The van der Waals surface area contributed by atoms with Crippen LogP contribution in [0, 0.1) is 0 Å². The molecule has 2 amide bonds. The van der Waals surface area contributed by atoms with E-state index in [1.54, 1.807) is 23.4 Å². The fourth-order valence-electron chi connectivity index (χ4n) is 3.00. The van der Waals surface area contributed by atoms with E-state index in [-0.39, 0.29) is 17.5 Å². The van der Waals surface area contributed by atoms with Gasteiger partial charge < -0.3 is 19.7 Å². The topological polar surface area (TPSA) is 66.9 Å². The minimum Gasteiger partial charge on any atom is -0.493 e. The third kappa shape index (κ3) is 5.29. The van der Waals surface area contributed by atoms with Crippen LogP contribution in [0.25, 0.3) is 0 Å². The molecule has 3 rings (SSSR count). The summed E-state index contributed by atoms with van der Waals surface area (Å²) in [6, 6.07) is 8.04. The normalized spacial score (nSPS) is 14.8. The number of halogens is 2. The molecule has 2 heterocycles. The number of alkyl halides is 2. The van der Waals surface area contributed by atoms with Crippen molar-refractivity contribution in [3.63, 3.8) is 0 Å². The van der Waals surface area contributed by atoms with Gasteiger partial charge in [0.15, 0.2) is 11.5 Å². The zero-order valence-electron chi connectivity index (χ0n) is 15.5. The highest BCUT2D eigenvalue weighted by Gasteiger charge is 2.21. The Bertz CT molecular complexity index is 784. The van der Waals surface area contributed by atoms with Crippen LogP contribution in [0.15, 0.2) is 42.7 Å². The Morgan fingerprint density at radius 1 is 1.14 bits per heavy atom. The summed E-state index contributed by atoms with van der Waals surface area (Å²) in [5, 5.41) is 2.72. The first kappa shape index (κ1) is 19.8. The molecular weight excluding hydrogens is 370 g/mol. The Kier molecular flexibility index (Phi) is 6.59. The van der Waals surface area contributed by atoms with Crippen molar-refractivity contribution in [1.82, 2.24) is 14.8 Å². The molecule has 7 nitrogen and oxygen atoms in total. The summed E-state index contributed by atoms with van der Waals surface area (Å²) in [5.41, 5.74) is 1.54.